The van der Waals surface area contributed by atoms with Gasteiger partial charge in [-0.05, 0) is 31.5 Å². The minimum absolute atomic E-state index is 0.0934. The Morgan fingerprint density at radius 3 is 2.58 bits per heavy atom. The van der Waals surface area contributed by atoms with E-state index in [-0.39, 0.29) is 29.1 Å². The molecule has 8 heteroatoms. The first-order valence-corrected chi connectivity index (χ1v) is 10.4. The zero-order valence-corrected chi connectivity index (χ0v) is 15.7. The van der Waals surface area contributed by atoms with Crippen molar-refractivity contribution in [1.29, 1.82) is 0 Å². The molecule has 0 spiro atoms. The fourth-order valence-corrected chi connectivity index (χ4v) is 4.85. The molecule has 3 rings (SSSR count). The second kappa shape index (κ2) is 7.41. The third-order valence-electron chi connectivity index (χ3n) is 4.56. The summed E-state index contributed by atoms with van der Waals surface area (Å²) in [5.41, 5.74) is 1.09. The maximum atomic E-state index is 12.9. The van der Waals surface area contributed by atoms with Gasteiger partial charge < -0.3 is 9.80 Å². The van der Waals surface area contributed by atoms with E-state index in [2.05, 4.69) is 9.97 Å². The minimum atomic E-state index is -3.00. The highest BCUT2D eigenvalue weighted by Gasteiger charge is 2.32. The van der Waals surface area contributed by atoms with Crippen LogP contribution in [-0.2, 0) is 9.84 Å². The van der Waals surface area contributed by atoms with Crippen molar-refractivity contribution in [3.8, 4) is 0 Å². The summed E-state index contributed by atoms with van der Waals surface area (Å²) in [5, 5.41) is 0. The molecular weight excluding hydrogens is 352 g/mol. The SMILES string of the molecule is CCN(C(=O)c1ccnc(N(C)C2CCS(=O)(=O)C2)n1)c1ccccc1. The molecule has 26 heavy (non-hydrogen) atoms. The van der Waals surface area contributed by atoms with E-state index >= 15 is 0 Å². The summed E-state index contributed by atoms with van der Waals surface area (Å²) in [4.78, 5) is 24.9. The van der Waals surface area contributed by atoms with Crippen molar-refractivity contribution in [3.63, 3.8) is 0 Å². The number of nitrogens with zero attached hydrogens (tertiary/aromatic N) is 4. The van der Waals surface area contributed by atoms with Gasteiger partial charge in [0.15, 0.2) is 9.84 Å². The average molecular weight is 374 g/mol. The molecule has 1 atom stereocenters. The van der Waals surface area contributed by atoms with Crippen molar-refractivity contribution in [2.45, 2.75) is 19.4 Å². The first kappa shape index (κ1) is 18.3. The number of hydrogen-bond donors (Lipinski definition) is 0. The van der Waals surface area contributed by atoms with E-state index in [0.717, 1.165) is 5.69 Å². The molecule has 2 heterocycles. The molecule has 0 N–H and O–H groups in total. The van der Waals surface area contributed by atoms with Crippen molar-refractivity contribution in [2.75, 3.05) is 34.9 Å². The lowest BCUT2D eigenvalue weighted by molar-refractivity contribution is 0.0983. The smallest absolute Gasteiger partial charge is 0.277 e. The lowest BCUT2D eigenvalue weighted by atomic mass is 10.2. The summed E-state index contributed by atoms with van der Waals surface area (Å²) >= 11 is 0. The number of para-hydroxylation sites is 1. The first-order valence-electron chi connectivity index (χ1n) is 8.54. The quantitative estimate of drug-likeness (QED) is 0.793. The Hall–Kier alpha value is -2.48. The summed E-state index contributed by atoms with van der Waals surface area (Å²) in [6.07, 6.45) is 2.08. The molecule has 0 bridgehead atoms. The standard InChI is InChI=1S/C18H22N4O3S/c1-3-22(14-7-5-4-6-8-14)17(23)16-9-11-19-18(20-16)21(2)15-10-12-26(24,25)13-15/h4-9,11,15H,3,10,12-13H2,1-2H3. The maximum Gasteiger partial charge on any atom is 0.277 e. The van der Waals surface area contributed by atoms with Gasteiger partial charge in [-0.25, -0.2) is 18.4 Å². The van der Waals surface area contributed by atoms with Crippen LogP contribution in [0, 0.1) is 0 Å². The molecule has 1 aliphatic rings. The molecule has 1 unspecified atom stereocenters. The Morgan fingerprint density at radius 1 is 1.23 bits per heavy atom. The van der Waals surface area contributed by atoms with Gasteiger partial charge in [-0.15, -0.1) is 0 Å². The number of amides is 1. The van der Waals surface area contributed by atoms with E-state index in [9.17, 15) is 13.2 Å². The highest BCUT2D eigenvalue weighted by Crippen LogP contribution is 2.21. The van der Waals surface area contributed by atoms with Gasteiger partial charge in [0.1, 0.15) is 5.69 Å². The van der Waals surface area contributed by atoms with E-state index in [1.807, 2.05) is 37.3 Å². The molecule has 1 fully saturated rings. The van der Waals surface area contributed by atoms with Gasteiger partial charge in [-0.1, -0.05) is 18.2 Å². The number of sulfone groups is 1. The van der Waals surface area contributed by atoms with Crippen LogP contribution in [0.1, 0.15) is 23.8 Å². The van der Waals surface area contributed by atoms with Crippen LogP contribution in [0.15, 0.2) is 42.6 Å². The summed E-state index contributed by atoms with van der Waals surface area (Å²) in [5.74, 6) is 0.422. The topological polar surface area (TPSA) is 83.5 Å². The van der Waals surface area contributed by atoms with Gasteiger partial charge in [-0.3, -0.25) is 4.79 Å². The summed E-state index contributed by atoms with van der Waals surface area (Å²) in [6, 6.07) is 10.8. The van der Waals surface area contributed by atoms with Crippen LogP contribution in [0.4, 0.5) is 11.6 Å². The van der Waals surface area contributed by atoms with E-state index in [4.69, 9.17) is 0 Å². The number of rotatable bonds is 5. The Kier molecular flexibility index (Phi) is 5.22. The van der Waals surface area contributed by atoms with Crippen LogP contribution in [0.25, 0.3) is 0 Å². The van der Waals surface area contributed by atoms with Gasteiger partial charge in [0.25, 0.3) is 5.91 Å². The number of benzene rings is 1. The van der Waals surface area contributed by atoms with Crippen LogP contribution in [0.2, 0.25) is 0 Å². The third kappa shape index (κ3) is 3.85. The van der Waals surface area contributed by atoms with Crippen molar-refractivity contribution in [3.05, 3.63) is 48.3 Å². The predicted octanol–water partition coefficient (Wildman–Crippen LogP) is 1.77. The highest BCUT2D eigenvalue weighted by molar-refractivity contribution is 7.91. The van der Waals surface area contributed by atoms with Crippen molar-refractivity contribution in [2.24, 2.45) is 0 Å². The number of carbonyl (C=O) groups is 1. The molecule has 0 aliphatic carbocycles. The molecule has 0 saturated carbocycles. The molecule has 138 valence electrons. The summed E-state index contributed by atoms with van der Waals surface area (Å²) < 4.78 is 23.4. The van der Waals surface area contributed by atoms with Gasteiger partial charge in [0, 0.05) is 31.5 Å². The molecule has 1 aromatic carbocycles. The summed E-state index contributed by atoms with van der Waals surface area (Å²) in [7, 11) is -1.23. The van der Waals surface area contributed by atoms with E-state index in [1.165, 1.54) is 6.20 Å². The molecule has 7 nitrogen and oxygen atoms in total. The molecule has 1 saturated heterocycles. The van der Waals surface area contributed by atoms with Crippen LogP contribution in [-0.4, -0.2) is 55.4 Å². The lowest BCUT2D eigenvalue weighted by Gasteiger charge is -2.24. The Morgan fingerprint density at radius 2 is 1.96 bits per heavy atom. The number of aromatic nitrogens is 2. The average Bonchev–Trinajstić information content (AvgIpc) is 3.02. The van der Waals surface area contributed by atoms with Gasteiger partial charge in [0.05, 0.1) is 11.5 Å². The molecule has 1 amide bonds. The zero-order chi connectivity index (χ0) is 18.7. The second-order valence-electron chi connectivity index (χ2n) is 6.29. The zero-order valence-electron chi connectivity index (χ0n) is 14.9. The van der Waals surface area contributed by atoms with E-state index < -0.39 is 9.84 Å². The Bertz CT molecular complexity index is 886. The van der Waals surface area contributed by atoms with Gasteiger partial charge >= 0.3 is 0 Å². The third-order valence-corrected chi connectivity index (χ3v) is 6.31. The van der Waals surface area contributed by atoms with Crippen LogP contribution in [0.5, 0.6) is 0 Å². The highest BCUT2D eigenvalue weighted by atomic mass is 32.2. The molecule has 1 aliphatic heterocycles. The fourth-order valence-electron chi connectivity index (χ4n) is 3.07. The van der Waals surface area contributed by atoms with Gasteiger partial charge in [0.2, 0.25) is 5.95 Å². The predicted molar refractivity (Wildman–Crippen MR) is 101 cm³/mol. The molecule has 2 aromatic rings. The largest absolute Gasteiger partial charge is 0.340 e. The Balaban J connectivity index is 1.83. The molecular formula is C18H22N4O3S. The fraction of sp³-hybridized carbons (Fsp3) is 0.389. The number of carbonyl (C=O) groups excluding carboxylic acids is 1. The van der Waals surface area contributed by atoms with Crippen LogP contribution in [0.3, 0.4) is 0 Å². The van der Waals surface area contributed by atoms with Crippen molar-refractivity contribution in [1.82, 2.24) is 9.97 Å². The number of anilines is 2. The molecule has 0 radical (unpaired) electrons. The van der Waals surface area contributed by atoms with E-state index in [0.29, 0.717) is 18.9 Å². The maximum absolute atomic E-state index is 12.9. The molecule has 1 aromatic heterocycles. The number of hydrogen-bond acceptors (Lipinski definition) is 6. The monoisotopic (exact) mass is 374 g/mol. The normalized spacial score (nSPS) is 18.5. The van der Waals surface area contributed by atoms with Crippen LogP contribution >= 0.6 is 0 Å². The second-order valence-corrected chi connectivity index (χ2v) is 8.52. The minimum Gasteiger partial charge on any atom is -0.340 e. The van der Waals surface area contributed by atoms with Crippen molar-refractivity contribution < 1.29 is 13.2 Å². The Labute approximate surface area is 153 Å². The van der Waals surface area contributed by atoms with Crippen LogP contribution < -0.4 is 9.80 Å². The summed E-state index contributed by atoms with van der Waals surface area (Å²) in [6.45, 7) is 2.42. The first-order chi connectivity index (χ1) is 12.4. The van der Waals surface area contributed by atoms with E-state index in [1.54, 1.807) is 22.9 Å². The lowest BCUT2D eigenvalue weighted by Crippen LogP contribution is -2.35. The van der Waals surface area contributed by atoms with Gasteiger partial charge in [-0.2, -0.15) is 0 Å². The van der Waals surface area contributed by atoms with Crippen molar-refractivity contribution >= 4 is 27.4 Å².